The number of carbonyl (C=O) groups excluding carboxylic acids is 1. The summed E-state index contributed by atoms with van der Waals surface area (Å²) in [5, 5.41) is 2.84. The van der Waals surface area contributed by atoms with Crippen molar-refractivity contribution in [3.63, 3.8) is 0 Å². The number of amides is 1. The van der Waals surface area contributed by atoms with Crippen molar-refractivity contribution in [3.05, 3.63) is 41.0 Å². The average Bonchev–Trinajstić information content (AvgIpc) is 3.13. The third-order valence-electron chi connectivity index (χ3n) is 4.01. The van der Waals surface area contributed by atoms with Crippen molar-refractivity contribution in [1.29, 1.82) is 0 Å². The van der Waals surface area contributed by atoms with Crippen LogP contribution >= 0.6 is 0 Å². The lowest BCUT2D eigenvalue weighted by molar-refractivity contribution is -0.117. The molecule has 1 amide bonds. The summed E-state index contributed by atoms with van der Waals surface area (Å²) >= 11 is 0. The number of allylic oxidation sites excluding steroid dienone is 1. The number of carbonyl (C=O) groups is 1. The van der Waals surface area contributed by atoms with E-state index >= 15 is 0 Å². The number of fused-ring (bicyclic) bond motifs is 1. The van der Waals surface area contributed by atoms with Crippen LogP contribution in [0.5, 0.6) is 0 Å². The number of benzene rings is 1. The highest BCUT2D eigenvalue weighted by Crippen LogP contribution is 2.26. The number of nitrogens with zero attached hydrogens (tertiary/aromatic N) is 1. The van der Waals surface area contributed by atoms with Crippen molar-refractivity contribution in [1.82, 2.24) is 15.3 Å². The van der Waals surface area contributed by atoms with E-state index < -0.39 is 0 Å². The number of hydrogen-bond donors (Lipinski definition) is 2. The molecule has 1 aliphatic carbocycles. The third kappa shape index (κ3) is 2.82. The number of para-hydroxylation sites is 1. The topological polar surface area (TPSA) is 57.8 Å². The first-order chi connectivity index (χ1) is 10.1. The Bertz CT molecular complexity index is 709. The number of rotatable bonds is 3. The van der Waals surface area contributed by atoms with E-state index in [1.165, 1.54) is 24.5 Å². The fraction of sp³-hybridized carbons (Fsp3) is 0.375. The molecule has 0 spiro atoms. The van der Waals surface area contributed by atoms with Crippen LogP contribution in [0.3, 0.4) is 0 Å². The molecule has 0 atom stereocenters. The summed E-state index contributed by atoms with van der Waals surface area (Å²) < 4.78 is 13.6. The number of aromatic nitrogens is 2. The first kappa shape index (κ1) is 13.8. The van der Waals surface area contributed by atoms with Crippen LogP contribution in [0.25, 0.3) is 11.0 Å². The van der Waals surface area contributed by atoms with Crippen LogP contribution in [0.15, 0.2) is 29.3 Å². The summed E-state index contributed by atoms with van der Waals surface area (Å²) in [5.41, 5.74) is 3.02. The highest BCUT2D eigenvalue weighted by atomic mass is 19.1. The maximum absolute atomic E-state index is 13.6. The molecule has 0 unspecified atom stereocenters. The Labute approximate surface area is 122 Å². The Morgan fingerprint density at radius 2 is 2.14 bits per heavy atom. The van der Waals surface area contributed by atoms with Gasteiger partial charge in [0.05, 0.1) is 12.1 Å². The maximum atomic E-state index is 13.6. The molecule has 0 saturated heterocycles. The second kappa shape index (κ2) is 5.68. The number of H-pyrrole nitrogens is 1. The van der Waals surface area contributed by atoms with Gasteiger partial charge in [0, 0.05) is 5.57 Å². The zero-order valence-corrected chi connectivity index (χ0v) is 12.0. The molecular formula is C16H18FN3O. The van der Waals surface area contributed by atoms with Gasteiger partial charge in [0.25, 0.3) is 0 Å². The van der Waals surface area contributed by atoms with Crippen molar-refractivity contribution in [2.75, 3.05) is 0 Å². The molecule has 1 aromatic heterocycles. The van der Waals surface area contributed by atoms with Crippen molar-refractivity contribution < 1.29 is 9.18 Å². The first-order valence-corrected chi connectivity index (χ1v) is 7.25. The molecule has 4 nitrogen and oxygen atoms in total. The summed E-state index contributed by atoms with van der Waals surface area (Å²) in [4.78, 5) is 19.3. The lowest BCUT2D eigenvalue weighted by Crippen LogP contribution is -2.24. The van der Waals surface area contributed by atoms with E-state index in [1.54, 1.807) is 12.1 Å². The van der Waals surface area contributed by atoms with E-state index in [-0.39, 0.29) is 18.3 Å². The molecule has 5 heteroatoms. The molecule has 0 bridgehead atoms. The van der Waals surface area contributed by atoms with Crippen LogP contribution in [-0.2, 0) is 11.3 Å². The number of nitrogens with one attached hydrogen (secondary N) is 2. The monoisotopic (exact) mass is 287 g/mol. The van der Waals surface area contributed by atoms with Crippen LogP contribution in [0.1, 0.15) is 38.4 Å². The smallest absolute Gasteiger partial charge is 0.247 e. The largest absolute Gasteiger partial charge is 0.345 e. The average molecular weight is 287 g/mol. The fourth-order valence-electron chi connectivity index (χ4n) is 2.77. The van der Waals surface area contributed by atoms with Gasteiger partial charge in [-0.05, 0) is 44.7 Å². The summed E-state index contributed by atoms with van der Waals surface area (Å²) in [5.74, 6) is 0.145. The standard InChI is InChI=1S/C16H18FN3O/c1-10(11-5-2-3-6-11)16(21)18-9-14-19-13-8-4-7-12(17)15(13)20-14/h4,7-8H,2-3,5-6,9H2,1H3,(H,18,21)(H,19,20). The minimum absolute atomic E-state index is 0.0622. The molecule has 0 radical (unpaired) electrons. The predicted octanol–water partition coefficient (Wildman–Crippen LogP) is 3.21. The lowest BCUT2D eigenvalue weighted by Gasteiger charge is -2.06. The van der Waals surface area contributed by atoms with Gasteiger partial charge >= 0.3 is 0 Å². The van der Waals surface area contributed by atoms with Gasteiger partial charge in [0.1, 0.15) is 11.3 Å². The van der Waals surface area contributed by atoms with Gasteiger partial charge in [-0.15, -0.1) is 0 Å². The van der Waals surface area contributed by atoms with Crippen LogP contribution in [0.2, 0.25) is 0 Å². The lowest BCUT2D eigenvalue weighted by atomic mass is 10.1. The molecule has 21 heavy (non-hydrogen) atoms. The van der Waals surface area contributed by atoms with E-state index in [1.807, 2.05) is 6.92 Å². The van der Waals surface area contributed by atoms with Gasteiger partial charge in [-0.25, -0.2) is 9.37 Å². The zero-order chi connectivity index (χ0) is 14.8. The minimum atomic E-state index is -0.356. The van der Waals surface area contributed by atoms with Gasteiger partial charge in [0.15, 0.2) is 5.82 Å². The Morgan fingerprint density at radius 3 is 2.86 bits per heavy atom. The van der Waals surface area contributed by atoms with Gasteiger partial charge in [0.2, 0.25) is 5.91 Å². The molecule has 2 aromatic rings. The third-order valence-corrected chi connectivity index (χ3v) is 4.01. The highest BCUT2D eigenvalue weighted by molar-refractivity contribution is 5.93. The second-order valence-electron chi connectivity index (χ2n) is 5.44. The van der Waals surface area contributed by atoms with Gasteiger partial charge in [-0.1, -0.05) is 11.6 Å². The summed E-state index contributed by atoms with van der Waals surface area (Å²) in [6, 6.07) is 4.77. The van der Waals surface area contributed by atoms with Crippen LogP contribution in [0.4, 0.5) is 4.39 Å². The maximum Gasteiger partial charge on any atom is 0.247 e. The normalized spacial score (nSPS) is 14.7. The first-order valence-electron chi connectivity index (χ1n) is 7.25. The summed E-state index contributed by atoms with van der Waals surface area (Å²) in [7, 11) is 0. The van der Waals surface area contributed by atoms with E-state index in [0.717, 1.165) is 18.4 Å². The molecule has 1 aliphatic rings. The molecule has 0 aliphatic heterocycles. The molecule has 1 heterocycles. The molecular weight excluding hydrogens is 269 g/mol. The van der Waals surface area contributed by atoms with Crippen LogP contribution in [-0.4, -0.2) is 15.9 Å². The van der Waals surface area contributed by atoms with E-state index in [2.05, 4.69) is 15.3 Å². The SMILES string of the molecule is CC(C(=O)NCc1nc2c(F)cccc2[nH]1)=C1CCCC1. The molecule has 2 N–H and O–H groups in total. The predicted molar refractivity (Wildman–Crippen MR) is 79.1 cm³/mol. The highest BCUT2D eigenvalue weighted by Gasteiger charge is 2.15. The summed E-state index contributed by atoms with van der Waals surface area (Å²) in [6.07, 6.45) is 4.38. The number of hydrogen-bond acceptors (Lipinski definition) is 2. The Morgan fingerprint density at radius 1 is 1.38 bits per heavy atom. The quantitative estimate of drug-likeness (QED) is 0.852. The van der Waals surface area contributed by atoms with Gasteiger partial charge < -0.3 is 10.3 Å². The van der Waals surface area contributed by atoms with Crippen molar-refractivity contribution in [2.45, 2.75) is 39.2 Å². The molecule has 1 aromatic carbocycles. The molecule has 3 rings (SSSR count). The fourth-order valence-corrected chi connectivity index (χ4v) is 2.77. The molecule has 110 valence electrons. The van der Waals surface area contributed by atoms with Crippen LogP contribution in [0, 0.1) is 5.82 Å². The summed E-state index contributed by atoms with van der Waals surface area (Å²) in [6.45, 7) is 2.14. The number of aromatic amines is 1. The van der Waals surface area contributed by atoms with Crippen molar-refractivity contribution in [2.24, 2.45) is 0 Å². The zero-order valence-electron chi connectivity index (χ0n) is 12.0. The van der Waals surface area contributed by atoms with E-state index in [9.17, 15) is 9.18 Å². The number of imidazole rings is 1. The van der Waals surface area contributed by atoms with Crippen LogP contribution < -0.4 is 5.32 Å². The van der Waals surface area contributed by atoms with E-state index in [4.69, 9.17) is 0 Å². The Balaban J connectivity index is 1.70. The minimum Gasteiger partial charge on any atom is -0.345 e. The van der Waals surface area contributed by atoms with Crippen molar-refractivity contribution in [3.8, 4) is 0 Å². The molecule has 1 fully saturated rings. The van der Waals surface area contributed by atoms with E-state index in [0.29, 0.717) is 16.9 Å². The number of halogens is 1. The van der Waals surface area contributed by atoms with Gasteiger partial charge in [-0.3, -0.25) is 4.79 Å². The second-order valence-corrected chi connectivity index (χ2v) is 5.44. The van der Waals surface area contributed by atoms with Crippen molar-refractivity contribution >= 4 is 16.9 Å². The van der Waals surface area contributed by atoms with Gasteiger partial charge in [-0.2, -0.15) is 0 Å². The molecule has 1 saturated carbocycles. The Kier molecular flexibility index (Phi) is 3.73. The Hall–Kier alpha value is -2.17.